The van der Waals surface area contributed by atoms with E-state index in [2.05, 4.69) is 54.7 Å². The van der Waals surface area contributed by atoms with Crippen molar-refractivity contribution < 1.29 is 4.79 Å². The van der Waals surface area contributed by atoms with Crippen LogP contribution in [0.3, 0.4) is 0 Å². The standard InChI is InChI=1S/C19H26N4O.ClH/c1-12-5-6-16(13(2)7-12)14(3)22-19(24)18-10-20-9-17(18)15-8-21-23(4)11-15;/h5-8,11,14,17-18,20H,9-10H2,1-4H3,(H,22,24);1H/t14?,17-,18+;/m1./s1. The highest BCUT2D eigenvalue weighted by Crippen LogP contribution is 2.29. The van der Waals surface area contributed by atoms with Crippen molar-refractivity contribution in [2.24, 2.45) is 13.0 Å². The number of nitrogens with one attached hydrogen (secondary N) is 2. The summed E-state index contributed by atoms with van der Waals surface area (Å²) in [7, 11) is 1.91. The van der Waals surface area contributed by atoms with E-state index >= 15 is 0 Å². The number of nitrogens with zero attached hydrogens (tertiary/aromatic N) is 2. The Hall–Kier alpha value is -1.85. The summed E-state index contributed by atoms with van der Waals surface area (Å²) < 4.78 is 1.79. The maximum atomic E-state index is 12.8. The van der Waals surface area contributed by atoms with E-state index in [4.69, 9.17) is 0 Å². The first-order valence-electron chi connectivity index (χ1n) is 8.52. The van der Waals surface area contributed by atoms with E-state index in [1.165, 1.54) is 16.7 Å². The number of benzene rings is 1. The van der Waals surface area contributed by atoms with Gasteiger partial charge in [-0.1, -0.05) is 23.8 Å². The van der Waals surface area contributed by atoms with Crippen LogP contribution in [0.5, 0.6) is 0 Å². The summed E-state index contributed by atoms with van der Waals surface area (Å²) in [5, 5.41) is 10.8. The van der Waals surface area contributed by atoms with Gasteiger partial charge < -0.3 is 10.6 Å². The van der Waals surface area contributed by atoms with Crippen LogP contribution < -0.4 is 10.6 Å². The van der Waals surface area contributed by atoms with Crippen molar-refractivity contribution in [1.82, 2.24) is 20.4 Å². The highest BCUT2D eigenvalue weighted by Gasteiger charge is 2.35. The topological polar surface area (TPSA) is 59.0 Å². The molecule has 1 aliphatic rings. The fourth-order valence-electron chi connectivity index (χ4n) is 3.65. The predicted molar refractivity (Wildman–Crippen MR) is 102 cm³/mol. The lowest BCUT2D eigenvalue weighted by atomic mass is 9.89. The second-order valence-electron chi connectivity index (χ2n) is 6.91. The summed E-state index contributed by atoms with van der Waals surface area (Å²) in [5.41, 5.74) is 4.77. The van der Waals surface area contributed by atoms with E-state index in [0.717, 1.165) is 12.1 Å². The quantitative estimate of drug-likeness (QED) is 0.879. The number of hydrogen-bond donors (Lipinski definition) is 2. The first-order chi connectivity index (χ1) is 11.5. The zero-order valence-electron chi connectivity index (χ0n) is 15.2. The van der Waals surface area contributed by atoms with E-state index in [1.54, 1.807) is 4.68 Å². The van der Waals surface area contributed by atoms with Crippen molar-refractivity contribution in [3.63, 3.8) is 0 Å². The Morgan fingerprint density at radius 3 is 2.76 bits per heavy atom. The normalized spacial score (nSPS) is 20.8. The van der Waals surface area contributed by atoms with Crippen LogP contribution in [0, 0.1) is 19.8 Å². The Kier molecular flexibility index (Phi) is 6.25. The Balaban J connectivity index is 0.00000225. The van der Waals surface area contributed by atoms with Crippen LogP contribution in [-0.4, -0.2) is 28.8 Å². The Labute approximate surface area is 155 Å². The smallest absolute Gasteiger partial charge is 0.225 e. The number of rotatable bonds is 4. The van der Waals surface area contributed by atoms with E-state index in [0.29, 0.717) is 6.54 Å². The molecule has 3 atom stereocenters. The Bertz CT molecular complexity index is 743. The number of amides is 1. The molecule has 2 N–H and O–H groups in total. The molecule has 1 aliphatic heterocycles. The molecular weight excluding hydrogens is 336 g/mol. The highest BCUT2D eigenvalue weighted by molar-refractivity contribution is 5.85. The minimum atomic E-state index is -0.0533. The minimum absolute atomic E-state index is 0. The van der Waals surface area contributed by atoms with Crippen LogP contribution in [0.1, 0.15) is 41.1 Å². The van der Waals surface area contributed by atoms with Crippen LogP contribution in [0.25, 0.3) is 0 Å². The van der Waals surface area contributed by atoms with Crippen molar-refractivity contribution in [2.75, 3.05) is 13.1 Å². The second kappa shape index (κ2) is 8.02. The van der Waals surface area contributed by atoms with Crippen molar-refractivity contribution in [2.45, 2.75) is 32.7 Å². The maximum absolute atomic E-state index is 12.8. The van der Waals surface area contributed by atoms with Gasteiger partial charge in [0.1, 0.15) is 0 Å². The van der Waals surface area contributed by atoms with E-state index in [1.807, 2.05) is 19.4 Å². The Morgan fingerprint density at radius 1 is 1.36 bits per heavy atom. The molecule has 1 aromatic heterocycles. The zero-order chi connectivity index (χ0) is 17.3. The maximum Gasteiger partial charge on any atom is 0.225 e. The SMILES string of the molecule is Cc1ccc(C(C)NC(=O)[C@H]2CNC[C@@H]2c2cnn(C)c2)c(C)c1.Cl. The first-order valence-corrected chi connectivity index (χ1v) is 8.52. The number of carbonyl (C=O) groups is 1. The zero-order valence-corrected chi connectivity index (χ0v) is 16.1. The molecule has 0 radical (unpaired) electrons. The van der Waals surface area contributed by atoms with E-state index in [9.17, 15) is 4.79 Å². The van der Waals surface area contributed by atoms with Crippen molar-refractivity contribution in [1.29, 1.82) is 0 Å². The van der Waals surface area contributed by atoms with Crippen LogP contribution >= 0.6 is 12.4 Å². The number of carbonyl (C=O) groups excluding carboxylic acids is 1. The summed E-state index contributed by atoms with van der Waals surface area (Å²) in [4.78, 5) is 12.8. The third-order valence-electron chi connectivity index (χ3n) is 4.95. The molecule has 1 aromatic carbocycles. The molecule has 1 unspecified atom stereocenters. The number of aryl methyl sites for hydroxylation is 3. The average molecular weight is 363 g/mol. The molecular formula is C19H27ClN4O. The van der Waals surface area contributed by atoms with Gasteiger partial charge in [0.05, 0.1) is 18.2 Å². The molecule has 1 fully saturated rings. The van der Waals surface area contributed by atoms with Gasteiger partial charge in [0, 0.05) is 32.3 Å². The summed E-state index contributed by atoms with van der Waals surface area (Å²) in [5.74, 6) is 0.244. The van der Waals surface area contributed by atoms with Gasteiger partial charge in [-0.3, -0.25) is 9.48 Å². The number of halogens is 1. The number of aromatic nitrogens is 2. The molecule has 25 heavy (non-hydrogen) atoms. The van der Waals surface area contributed by atoms with Gasteiger partial charge in [-0.15, -0.1) is 12.4 Å². The molecule has 5 nitrogen and oxygen atoms in total. The fraction of sp³-hybridized carbons (Fsp3) is 0.474. The molecule has 0 spiro atoms. The number of hydrogen-bond acceptors (Lipinski definition) is 3. The molecule has 0 saturated carbocycles. The molecule has 0 aliphatic carbocycles. The second-order valence-corrected chi connectivity index (χ2v) is 6.91. The van der Waals surface area contributed by atoms with Crippen LogP contribution in [-0.2, 0) is 11.8 Å². The molecule has 2 aromatic rings. The molecule has 1 saturated heterocycles. The monoisotopic (exact) mass is 362 g/mol. The van der Waals surface area contributed by atoms with Crippen molar-refractivity contribution in [3.8, 4) is 0 Å². The van der Waals surface area contributed by atoms with Crippen LogP contribution in [0.2, 0.25) is 0 Å². The van der Waals surface area contributed by atoms with Crippen LogP contribution in [0.15, 0.2) is 30.6 Å². The van der Waals surface area contributed by atoms with Gasteiger partial charge in [0.25, 0.3) is 0 Å². The summed E-state index contributed by atoms with van der Waals surface area (Å²) in [6, 6.07) is 6.38. The summed E-state index contributed by atoms with van der Waals surface area (Å²) in [6.45, 7) is 7.77. The van der Waals surface area contributed by atoms with Gasteiger partial charge in [-0.2, -0.15) is 5.10 Å². The largest absolute Gasteiger partial charge is 0.349 e. The average Bonchev–Trinajstić information content (AvgIpc) is 3.15. The lowest BCUT2D eigenvalue weighted by Gasteiger charge is -2.22. The van der Waals surface area contributed by atoms with Gasteiger partial charge in [0.2, 0.25) is 5.91 Å². The van der Waals surface area contributed by atoms with E-state index < -0.39 is 0 Å². The lowest BCUT2D eigenvalue weighted by molar-refractivity contribution is -0.125. The van der Waals surface area contributed by atoms with Crippen molar-refractivity contribution in [3.05, 3.63) is 52.8 Å². The van der Waals surface area contributed by atoms with Crippen molar-refractivity contribution >= 4 is 18.3 Å². The molecule has 1 amide bonds. The van der Waals surface area contributed by atoms with Gasteiger partial charge in [0.15, 0.2) is 0 Å². The minimum Gasteiger partial charge on any atom is -0.349 e. The third kappa shape index (κ3) is 4.22. The first kappa shape index (κ1) is 19.5. The Morgan fingerprint density at radius 2 is 2.12 bits per heavy atom. The summed E-state index contributed by atoms with van der Waals surface area (Å²) >= 11 is 0. The van der Waals surface area contributed by atoms with Gasteiger partial charge in [-0.25, -0.2) is 0 Å². The highest BCUT2D eigenvalue weighted by atomic mass is 35.5. The van der Waals surface area contributed by atoms with Gasteiger partial charge >= 0.3 is 0 Å². The molecule has 3 rings (SSSR count). The van der Waals surface area contributed by atoms with Gasteiger partial charge in [-0.05, 0) is 37.5 Å². The van der Waals surface area contributed by atoms with Crippen LogP contribution in [0.4, 0.5) is 0 Å². The molecule has 136 valence electrons. The molecule has 2 heterocycles. The third-order valence-corrected chi connectivity index (χ3v) is 4.95. The molecule has 0 bridgehead atoms. The molecule has 6 heteroatoms. The lowest BCUT2D eigenvalue weighted by Crippen LogP contribution is -2.36. The summed E-state index contributed by atoms with van der Waals surface area (Å²) in [6.07, 6.45) is 3.87. The predicted octanol–water partition coefficient (Wildman–Crippen LogP) is 2.64. The fourth-order valence-corrected chi connectivity index (χ4v) is 3.65. The van der Waals surface area contributed by atoms with E-state index in [-0.39, 0.29) is 36.2 Å².